The van der Waals surface area contributed by atoms with Crippen molar-refractivity contribution in [1.82, 2.24) is 0 Å². The molecule has 0 nitrogen and oxygen atoms in total. The van der Waals surface area contributed by atoms with Crippen LogP contribution < -0.4 is 18.9 Å². The first kappa shape index (κ1) is 15.7. The van der Waals surface area contributed by atoms with Gasteiger partial charge in [-0.2, -0.15) is 1.55 Å². The Morgan fingerprint density at radius 1 is 1.09 bits per heavy atom. The summed E-state index contributed by atoms with van der Waals surface area (Å²) in [7, 11) is -1.09. The molecule has 0 aromatic rings. The van der Waals surface area contributed by atoms with Gasteiger partial charge in [0.1, 0.15) is 0 Å². The van der Waals surface area contributed by atoms with Crippen molar-refractivity contribution in [2.24, 2.45) is 0 Å². The van der Waals surface area contributed by atoms with Gasteiger partial charge in [-0.05, 0) is 0 Å². The van der Waals surface area contributed by atoms with Gasteiger partial charge >= 0.3 is 18.9 Å². The molecule has 0 radical (unpaired) electrons. The van der Waals surface area contributed by atoms with Crippen LogP contribution >= 0.6 is 45.2 Å². The van der Waals surface area contributed by atoms with Gasteiger partial charge in [0.15, 0.2) is 0 Å². The van der Waals surface area contributed by atoms with Crippen LogP contribution in [0.1, 0.15) is 20.8 Å². The van der Waals surface area contributed by atoms with E-state index in [1.54, 1.807) is 1.55 Å². The monoisotopic (exact) mass is 388 g/mol. The molecular weight excluding hydrogens is 373 g/mol. The van der Waals surface area contributed by atoms with Crippen LogP contribution in [0.3, 0.4) is 0 Å². The molecule has 0 aromatic carbocycles. The molecule has 0 unspecified atom stereocenters. The van der Waals surface area contributed by atoms with E-state index < -0.39 is 8.07 Å². The van der Waals surface area contributed by atoms with Gasteiger partial charge in [-0.25, -0.2) is 0 Å². The third-order valence-corrected chi connectivity index (χ3v) is 15.1. The van der Waals surface area contributed by atoms with Crippen molar-refractivity contribution in [3.63, 3.8) is 0 Å². The first-order valence-electron chi connectivity index (χ1n) is 3.38. The van der Waals surface area contributed by atoms with Crippen molar-refractivity contribution in [2.75, 3.05) is 0 Å². The minimum absolute atomic E-state index is 0. The molecule has 62 valence electrons. The smallest absolute Gasteiger partial charge is 0.303 e. The average Bonchev–Trinajstić information content (AvgIpc) is 1.62. The van der Waals surface area contributed by atoms with E-state index in [-0.39, 0.29) is 18.9 Å². The molecule has 0 spiro atoms. The summed E-state index contributed by atoms with van der Waals surface area (Å²) in [4.78, 5) is 0. The fourth-order valence-electron chi connectivity index (χ4n) is 0.283. The van der Waals surface area contributed by atoms with Gasteiger partial charge in [-0.3, -0.25) is 0 Å². The molecule has 4 heteroatoms. The van der Waals surface area contributed by atoms with Gasteiger partial charge in [-0.1, -0.05) is 47.0 Å². The van der Waals surface area contributed by atoms with Crippen molar-refractivity contribution >= 4 is 53.3 Å². The third kappa shape index (κ3) is 4.34. The minimum atomic E-state index is -1.09. The maximum Gasteiger partial charge on any atom is 1.00 e. The molecule has 0 fully saturated rings. The molecule has 11 heavy (non-hydrogen) atoms. The normalized spacial score (nSPS) is 13.1. The van der Waals surface area contributed by atoms with Crippen molar-refractivity contribution < 1.29 is 18.9 Å². The Labute approximate surface area is 111 Å². The van der Waals surface area contributed by atoms with Crippen LogP contribution in [-0.2, 0) is 0 Å². The largest absolute Gasteiger partial charge is 1.00 e. The predicted octanol–water partition coefficient (Wildman–Crippen LogP) is 1.40. The molecular formula is C7H15I2LiSi. The fourth-order valence-corrected chi connectivity index (χ4v) is 5.70. The Balaban J connectivity index is 0. The van der Waals surface area contributed by atoms with E-state index in [1.807, 2.05) is 0 Å². The SMILES string of the molecule is CC(C)(C)[Si](C)(C)[C-](I)I.[Li+]. The van der Waals surface area contributed by atoms with E-state index in [4.69, 9.17) is 0 Å². The predicted molar refractivity (Wildman–Crippen MR) is 68.5 cm³/mol. The van der Waals surface area contributed by atoms with Crippen molar-refractivity contribution in [1.29, 1.82) is 0 Å². The number of halogens is 2. The molecule has 0 aliphatic carbocycles. The molecule has 0 atom stereocenters. The summed E-state index contributed by atoms with van der Waals surface area (Å²) >= 11 is 4.95. The molecule has 0 bridgehead atoms. The van der Waals surface area contributed by atoms with E-state index in [1.165, 1.54) is 0 Å². The van der Waals surface area contributed by atoms with E-state index >= 15 is 0 Å². The zero-order valence-electron chi connectivity index (χ0n) is 8.26. The van der Waals surface area contributed by atoms with Gasteiger partial charge in [0.2, 0.25) is 0 Å². The minimum Gasteiger partial charge on any atom is -0.303 e. The van der Waals surface area contributed by atoms with Gasteiger partial charge in [0.05, 0.1) is 0 Å². The van der Waals surface area contributed by atoms with Crippen molar-refractivity contribution in [3.05, 3.63) is 1.55 Å². The Hall–Kier alpha value is 2.27. The number of hydrogen-bond donors (Lipinski definition) is 0. The van der Waals surface area contributed by atoms with Gasteiger partial charge in [0, 0.05) is 0 Å². The topological polar surface area (TPSA) is 0 Å². The number of hydrogen-bond acceptors (Lipinski definition) is 0. The molecule has 0 heterocycles. The van der Waals surface area contributed by atoms with E-state index in [9.17, 15) is 0 Å². The van der Waals surface area contributed by atoms with Crippen LogP contribution in [-0.4, -0.2) is 8.07 Å². The van der Waals surface area contributed by atoms with Crippen LogP contribution in [0.5, 0.6) is 0 Å². The second-order valence-corrected chi connectivity index (χ2v) is 15.6. The van der Waals surface area contributed by atoms with Crippen LogP contribution in [0.4, 0.5) is 0 Å². The average molecular weight is 388 g/mol. The summed E-state index contributed by atoms with van der Waals surface area (Å²) in [6.07, 6.45) is 0. The Morgan fingerprint density at radius 3 is 1.36 bits per heavy atom. The maximum absolute atomic E-state index is 2.48. The summed E-state index contributed by atoms with van der Waals surface area (Å²) in [6.45, 7) is 11.9. The second kappa shape index (κ2) is 5.23. The van der Waals surface area contributed by atoms with Crippen molar-refractivity contribution in [3.8, 4) is 0 Å². The maximum atomic E-state index is 2.48. The summed E-state index contributed by atoms with van der Waals surface area (Å²) in [5.74, 6) is 0. The van der Waals surface area contributed by atoms with Gasteiger partial charge in [0.25, 0.3) is 0 Å². The third-order valence-electron chi connectivity index (χ3n) is 2.35. The molecule has 0 saturated heterocycles. The van der Waals surface area contributed by atoms with E-state index in [0.29, 0.717) is 5.04 Å². The first-order chi connectivity index (χ1) is 4.19. The molecule has 0 aliphatic rings. The zero-order valence-corrected chi connectivity index (χ0v) is 13.6. The van der Waals surface area contributed by atoms with Crippen LogP contribution in [0, 0.1) is 1.55 Å². The van der Waals surface area contributed by atoms with Gasteiger partial charge < -0.3 is 45.2 Å². The summed E-state index contributed by atoms with van der Waals surface area (Å²) in [5.41, 5.74) is 0. The standard InChI is InChI=1S/C7H15I2Si.Li/c1-7(2,3)10(4,5)6(8)9;/h1-5H3;/q-1;+1. The van der Waals surface area contributed by atoms with Crippen LogP contribution in [0.25, 0.3) is 0 Å². The fraction of sp³-hybridized carbons (Fsp3) is 0.857. The van der Waals surface area contributed by atoms with Gasteiger partial charge in [-0.15, -0.1) is 0 Å². The first-order valence-corrected chi connectivity index (χ1v) is 8.54. The molecule has 0 N–H and O–H groups in total. The zero-order chi connectivity index (χ0) is 8.58. The summed E-state index contributed by atoms with van der Waals surface area (Å²) in [6, 6.07) is 0. The molecule has 0 aliphatic heterocycles. The molecule has 0 aromatic heterocycles. The van der Waals surface area contributed by atoms with E-state index in [0.717, 1.165) is 0 Å². The molecule has 0 rings (SSSR count). The summed E-state index contributed by atoms with van der Waals surface area (Å²) in [5, 5.41) is 0.505. The molecule has 0 amide bonds. The second-order valence-electron chi connectivity index (χ2n) is 4.14. The van der Waals surface area contributed by atoms with Crippen LogP contribution in [0.15, 0.2) is 0 Å². The van der Waals surface area contributed by atoms with E-state index in [2.05, 4.69) is 79.0 Å². The Morgan fingerprint density at radius 2 is 1.36 bits per heavy atom. The van der Waals surface area contributed by atoms with Crippen molar-refractivity contribution in [2.45, 2.75) is 38.9 Å². The Kier molecular flexibility index (Phi) is 7.48. The summed E-state index contributed by atoms with van der Waals surface area (Å²) < 4.78 is 1.59. The quantitative estimate of drug-likeness (QED) is 0.362. The van der Waals surface area contributed by atoms with Crippen LogP contribution in [0.2, 0.25) is 18.1 Å². The Bertz CT molecular complexity index is 118. The number of rotatable bonds is 1. The molecule has 0 saturated carbocycles.